The van der Waals surface area contributed by atoms with Crippen LogP contribution in [0.5, 0.6) is 0 Å². The maximum absolute atomic E-state index is 14.2. The zero-order chi connectivity index (χ0) is 14.7. The van der Waals surface area contributed by atoms with E-state index in [0.29, 0.717) is 0 Å². The molecule has 0 amide bonds. The molecule has 0 aromatic heterocycles. The van der Waals surface area contributed by atoms with E-state index in [9.17, 15) is 4.39 Å². The molecule has 3 nitrogen and oxygen atoms in total. The Bertz CT molecular complexity index is 455. The van der Waals surface area contributed by atoms with Crippen LogP contribution in [0.1, 0.15) is 18.0 Å². The third-order valence-electron chi connectivity index (χ3n) is 4.10. The summed E-state index contributed by atoms with van der Waals surface area (Å²) in [6.45, 7) is 3.08. The zero-order valence-electron chi connectivity index (χ0n) is 12.4. The van der Waals surface area contributed by atoms with E-state index in [2.05, 4.69) is 45.1 Å². The Morgan fingerprint density at radius 1 is 1.35 bits per heavy atom. The lowest BCUT2D eigenvalue weighted by atomic mass is 9.97. The highest BCUT2D eigenvalue weighted by atomic mass is 79.9. The Hall–Kier alpha value is -0.490. The van der Waals surface area contributed by atoms with Gasteiger partial charge in [0, 0.05) is 22.6 Å². The van der Waals surface area contributed by atoms with E-state index in [1.807, 2.05) is 13.1 Å². The molecule has 20 heavy (non-hydrogen) atoms. The Morgan fingerprint density at radius 2 is 2.10 bits per heavy atom. The number of halogens is 2. The highest BCUT2D eigenvalue weighted by molar-refractivity contribution is 9.10. The number of likely N-dealkylation sites (N-methyl/N-ethyl adjacent to an activating group) is 3. The minimum Gasteiger partial charge on any atom is -0.312 e. The zero-order valence-corrected chi connectivity index (χ0v) is 14.0. The van der Waals surface area contributed by atoms with Gasteiger partial charge in [-0.25, -0.2) is 4.39 Å². The summed E-state index contributed by atoms with van der Waals surface area (Å²) in [7, 11) is 6.17. The lowest BCUT2D eigenvalue weighted by molar-refractivity contribution is 0.180. The van der Waals surface area contributed by atoms with Crippen LogP contribution in [-0.2, 0) is 0 Å². The van der Waals surface area contributed by atoms with Gasteiger partial charge in [0.1, 0.15) is 5.82 Å². The van der Waals surface area contributed by atoms with Crippen LogP contribution >= 0.6 is 15.9 Å². The van der Waals surface area contributed by atoms with Crippen molar-refractivity contribution in [2.45, 2.75) is 18.5 Å². The highest BCUT2D eigenvalue weighted by Gasteiger charge is 2.30. The normalized spacial score (nSPS) is 23.6. The van der Waals surface area contributed by atoms with Crippen molar-refractivity contribution in [3.05, 3.63) is 34.1 Å². The van der Waals surface area contributed by atoms with Crippen LogP contribution in [-0.4, -0.2) is 56.6 Å². The molecular weight excluding hydrogens is 321 g/mol. The van der Waals surface area contributed by atoms with E-state index in [4.69, 9.17) is 0 Å². The van der Waals surface area contributed by atoms with E-state index < -0.39 is 0 Å². The molecule has 1 saturated heterocycles. The molecule has 1 aliphatic rings. The summed E-state index contributed by atoms with van der Waals surface area (Å²) in [5.41, 5.74) is 0.731. The number of nitrogens with one attached hydrogen (secondary N) is 1. The van der Waals surface area contributed by atoms with Crippen molar-refractivity contribution in [3.8, 4) is 0 Å². The molecule has 1 fully saturated rings. The van der Waals surface area contributed by atoms with Crippen LogP contribution in [0.2, 0.25) is 0 Å². The quantitative estimate of drug-likeness (QED) is 0.909. The Balaban J connectivity index is 2.32. The molecule has 1 N–H and O–H groups in total. The van der Waals surface area contributed by atoms with E-state index in [1.165, 1.54) is 6.07 Å². The van der Waals surface area contributed by atoms with Crippen molar-refractivity contribution in [2.24, 2.45) is 0 Å². The van der Waals surface area contributed by atoms with Crippen molar-refractivity contribution in [3.63, 3.8) is 0 Å². The van der Waals surface area contributed by atoms with Crippen LogP contribution in [0.25, 0.3) is 0 Å². The third kappa shape index (κ3) is 3.58. The molecular formula is C15H23BrFN3. The predicted molar refractivity (Wildman–Crippen MR) is 84.4 cm³/mol. The molecule has 112 valence electrons. The number of benzene rings is 1. The first-order valence-corrected chi connectivity index (χ1v) is 7.83. The SMILES string of the molecule is CNC(c1cc(Br)ccc1F)C1CN(C)CCCN1C. The van der Waals surface area contributed by atoms with Gasteiger partial charge in [-0.05, 0) is 58.9 Å². The van der Waals surface area contributed by atoms with Gasteiger partial charge in [-0.1, -0.05) is 15.9 Å². The molecule has 1 aromatic rings. The second kappa shape index (κ2) is 6.98. The van der Waals surface area contributed by atoms with Gasteiger partial charge < -0.3 is 15.1 Å². The first kappa shape index (κ1) is 15.9. The molecule has 1 heterocycles. The minimum atomic E-state index is -0.146. The monoisotopic (exact) mass is 343 g/mol. The maximum Gasteiger partial charge on any atom is 0.128 e. The molecule has 1 aliphatic heterocycles. The molecule has 0 saturated carbocycles. The van der Waals surface area contributed by atoms with Gasteiger partial charge in [-0.3, -0.25) is 0 Å². The van der Waals surface area contributed by atoms with Crippen LogP contribution in [0.3, 0.4) is 0 Å². The Morgan fingerprint density at radius 3 is 2.80 bits per heavy atom. The van der Waals surface area contributed by atoms with Crippen LogP contribution in [0.4, 0.5) is 4.39 Å². The van der Waals surface area contributed by atoms with Gasteiger partial charge in [0.25, 0.3) is 0 Å². The summed E-state index contributed by atoms with van der Waals surface area (Å²) >= 11 is 3.44. The number of hydrogen-bond donors (Lipinski definition) is 1. The summed E-state index contributed by atoms with van der Waals surface area (Å²) in [4.78, 5) is 4.67. The Labute approximate surface area is 129 Å². The molecule has 2 atom stereocenters. The maximum atomic E-state index is 14.2. The van der Waals surface area contributed by atoms with Crippen LogP contribution < -0.4 is 5.32 Å². The van der Waals surface area contributed by atoms with Gasteiger partial charge in [0.05, 0.1) is 6.04 Å². The summed E-state index contributed by atoms with van der Waals surface area (Å²) in [6.07, 6.45) is 1.15. The molecule has 0 spiro atoms. The fourth-order valence-corrected chi connectivity index (χ4v) is 3.35. The van der Waals surface area contributed by atoms with Crippen molar-refractivity contribution in [2.75, 3.05) is 40.8 Å². The van der Waals surface area contributed by atoms with Crippen molar-refractivity contribution >= 4 is 15.9 Å². The summed E-state index contributed by atoms with van der Waals surface area (Å²) in [5.74, 6) is -0.146. The Kier molecular flexibility index (Phi) is 5.55. The second-order valence-electron chi connectivity index (χ2n) is 5.60. The molecule has 5 heteroatoms. The average molecular weight is 344 g/mol. The lowest BCUT2D eigenvalue weighted by Crippen LogP contribution is -2.46. The smallest absolute Gasteiger partial charge is 0.128 e. The van der Waals surface area contributed by atoms with Gasteiger partial charge >= 0.3 is 0 Å². The van der Waals surface area contributed by atoms with E-state index >= 15 is 0 Å². The highest BCUT2D eigenvalue weighted by Crippen LogP contribution is 2.27. The van der Waals surface area contributed by atoms with Crippen molar-refractivity contribution in [1.29, 1.82) is 0 Å². The summed E-state index contributed by atoms with van der Waals surface area (Å²) in [5, 5.41) is 3.31. The molecule has 2 rings (SSSR count). The predicted octanol–water partition coefficient (Wildman–Crippen LogP) is 2.48. The van der Waals surface area contributed by atoms with Gasteiger partial charge in [0.15, 0.2) is 0 Å². The standard InChI is InChI=1S/C15H23BrFN3/c1-18-15(12-9-11(16)5-6-13(12)17)14-10-19(2)7-4-8-20(14)3/h5-6,9,14-15,18H,4,7-8,10H2,1-3H3. The van der Waals surface area contributed by atoms with Gasteiger partial charge in [0.2, 0.25) is 0 Å². The summed E-state index contributed by atoms with van der Waals surface area (Å²) in [6, 6.07) is 5.41. The van der Waals surface area contributed by atoms with Crippen molar-refractivity contribution < 1.29 is 4.39 Å². The van der Waals surface area contributed by atoms with Crippen LogP contribution in [0, 0.1) is 5.82 Å². The van der Waals surface area contributed by atoms with E-state index in [0.717, 1.165) is 36.1 Å². The lowest BCUT2D eigenvalue weighted by Gasteiger charge is -2.35. The van der Waals surface area contributed by atoms with E-state index in [-0.39, 0.29) is 17.9 Å². The molecule has 0 bridgehead atoms. The average Bonchev–Trinajstić information content (AvgIpc) is 2.57. The van der Waals surface area contributed by atoms with Gasteiger partial charge in [-0.15, -0.1) is 0 Å². The topological polar surface area (TPSA) is 18.5 Å². The fourth-order valence-electron chi connectivity index (χ4n) is 2.97. The van der Waals surface area contributed by atoms with Crippen molar-refractivity contribution in [1.82, 2.24) is 15.1 Å². The number of nitrogens with zero attached hydrogens (tertiary/aromatic N) is 2. The largest absolute Gasteiger partial charge is 0.312 e. The molecule has 0 radical (unpaired) electrons. The number of hydrogen-bond acceptors (Lipinski definition) is 3. The second-order valence-corrected chi connectivity index (χ2v) is 6.51. The first-order chi connectivity index (χ1) is 9.52. The van der Waals surface area contributed by atoms with Gasteiger partial charge in [-0.2, -0.15) is 0 Å². The fraction of sp³-hybridized carbons (Fsp3) is 0.600. The first-order valence-electron chi connectivity index (χ1n) is 7.04. The molecule has 0 aliphatic carbocycles. The summed E-state index contributed by atoms with van der Waals surface area (Å²) < 4.78 is 15.1. The van der Waals surface area contributed by atoms with E-state index in [1.54, 1.807) is 6.07 Å². The molecule has 1 aromatic carbocycles. The minimum absolute atomic E-state index is 0.0157. The van der Waals surface area contributed by atoms with Crippen LogP contribution in [0.15, 0.2) is 22.7 Å². The molecule has 2 unspecified atom stereocenters. The third-order valence-corrected chi connectivity index (χ3v) is 4.60. The number of rotatable bonds is 3.